The van der Waals surface area contributed by atoms with Crippen LogP contribution in [-0.2, 0) is 5.41 Å². The normalized spacial score (nSPS) is 13.5. The minimum atomic E-state index is -0.330. The van der Waals surface area contributed by atoms with Crippen molar-refractivity contribution in [1.29, 1.82) is 0 Å². The number of para-hydroxylation sites is 2. The van der Waals surface area contributed by atoms with E-state index < -0.39 is 0 Å². The number of fused-ring (bicyclic) bond motifs is 4. The highest BCUT2D eigenvalue weighted by Gasteiger charge is 2.44. The molecule has 7 aromatic rings. The van der Waals surface area contributed by atoms with Crippen LogP contribution in [0.3, 0.4) is 0 Å². The summed E-state index contributed by atoms with van der Waals surface area (Å²) in [6.07, 6.45) is 0. The summed E-state index contributed by atoms with van der Waals surface area (Å²) in [7, 11) is 0. The molecule has 2 heterocycles. The van der Waals surface area contributed by atoms with Crippen molar-refractivity contribution in [2.45, 2.75) is 26.2 Å². The molecule has 0 radical (unpaired) electrons. The standard InChI is InChI=1S/C46H36N2O/c1-31-13-12-20-41-44(31)48-39-19-11-10-18-38(39)46(2,3)43-40(29-30-42(49-41)45(43)48)47(36-25-21-34(22-26-36)32-14-6-4-7-15-32)37-27-23-35(24-28-37)33-16-8-5-9-17-33/h4-30H,1-3H3. The van der Waals surface area contributed by atoms with E-state index in [9.17, 15) is 0 Å². The Morgan fingerprint density at radius 2 is 1.02 bits per heavy atom. The van der Waals surface area contributed by atoms with E-state index in [1.807, 2.05) is 0 Å². The first-order valence-electron chi connectivity index (χ1n) is 16.9. The van der Waals surface area contributed by atoms with Crippen molar-refractivity contribution >= 4 is 34.1 Å². The Hall–Kier alpha value is -6.06. The van der Waals surface area contributed by atoms with Crippen LogP contribution in [0.1, 0.15) is 30.5 Å². The van der Waals surface area contributed by atoms with Crippen LogP contribution >= 0.6 is 0 Å². The predicted octanol–water partition coefficient (Wildman–Crippen LogP) is 13.0. The monoisotopic (exact) mass is 632 g/mol. The topological polar surface area (TPSA) is 15.7 Å². The van der Waals surface area contributed by atoms with Crippen LogP contribution in [0.25, 0.3) is 22.3 Å². The van der Waals surface area contributed by atoms with E-state index in [1.54, 1.807) is 0 Å². The molecule has 0 saturated carbocycles. The number of nitrogens with zero attached hydrogens (tertiary/aromatic N) is 2. The van der Waals surface area contributed by atoms with Gasteiger partial charge in [0, 0.05) is 22.4 Å². The molecule has 0 unspecified atom stereocenters. The zero-order chi connectivity index (χ0) is 33.1. The molecule has 3 heteroatoms. The van der Waals surface area contributed by atoms with Crippen LogP contribution in [0.2, 0.25) is 0 Å². The molecule has 49 heavy (non-hydrogen) atoms. The van der Waals surface area contributed by atoms with Gasteiger partial charge in [0.15, 0.2) is 11.5 Å². The Bertz CT molecular complexity index is 2240. The molecule has 9 rings (SSSR count). The maximum Gasteiger partial charge on any atom is 0.152 e. The summed E-state index contributed by atoms with van der Waals surface area (Å²) in [4.78, 5) is 4.86. The van der Waals surface area contributed by atoms with E-state index in [4.69, 9.17) is 4.74 Å². The predicted molar refractivity (Wildman–Crippen MR) is 204 cm³/mol. The first-order valence-corrected chi connectivity index (χ1v) is 16.9. The lowest BCUT2D eigenvalue weighted by Crippen LogP contribution is -2.34. The van der Waals surface area contributed by atoms with Crippen LogP contribution < -0.4 is 14.5 Å². The fourth-order valence-electron chi connectivity index (χ4n) is 7.77. The summed E-state index contributed by atoms with van der Waals surface area (Å²) in [5.41, 5.74) is 14.9. The van der Waals surface area contributed by atoms with Gasteiger partial charge in [0.05, 0.1) is 22.7 Å². The van der Waals surface area contributed by atoms with Crippen LogP contribution in [0.15, 0.2) is 164 Å². The Morgan fingerprint density at radius 1 is 0.490 bits per heavy atom. The summed E-state index contributed by atoms with van der Waals surface area (Å²) in [6.45, 7) is 6.88. The van der Waals surface area contributed by atoms with Crippen molar-refractivity contribution in [3.05, 3.63) is 180 Å². The summed E-state index contributed by atoms with van der Waals surface area (Å²) < 4.78 is 6.73. The average Bonchev–Trinajstić information content (AvgIpc) is 3.15. The van der Waals surface area contributed by atoms with Gasteiger partial charge in [-0.15, -0.1) is 0 Å². The van der Waals surface area contributed by atoms with Crippen molar-refractivity contribution in [1.82, 2.24) is 0 Å². The third kappa shape index (κ3) is 4.65. The number of hydrogen-bond acceptors (Lipinski definition) is 3. The second kappa shape index (κ2) is 11.3. The zero-order valence-corrected chi connectivity index (χ0v) is 27.9. The van der Waals surface area contributed by atoms with Gasteiger partial charge in [0.2, 0.25) is 0 Å². The van der Waals surface area contributed by atoms with Crippen LogP contribution in [0.4, 0.5) is 34.1 Å². The van der Waals surface area contributed by atoms with Crippen LogP contribution in [-0.4, -0.2) is 0 Å². The molecule has 2 aliphatic rings. The fourth-order valence-corrected chi connectivity index (χ4v) is 7.77. The maximum absolute atomic E-state index is 6.73. The summed E-state index contributed by atoms with van der Waals surface area (Å²) >= 11 is 0. The van der Waals surface area contributed by atoms with E-state index >= 15 is 0 Å². The Labute approximate surface area is 288 Å². The van der Waals surface area contributed by atoms with E-state index in [2.05, 4.69) is 194 Å². The lowest BCUT2D eigenvalue weighted by atomic mass is 9.72. The van der Waals surface area contributed by atoms with E-state index in [0.29, 0.717) is 0 Å². The second-order valence-electron chi connectivity index (χ2n) is 13.5. The van der Waals surface area contributed by atoms with Crippen LogP contribution in [0.5, 0.6) is 11.5 Å². The molecule has 2 aliphatic heterocycles. The SMILES string of the molecule is Cc1cccc2c1N1c3ccccc3C(C)(C)c3c(N(c4ccc(-c5ccccc5)cc4)c4ccc(-c5ccccc5)cc4)ccc(c31)O2. The number of anilines is 6. The first-order chi connectivity index (χ1) is 24.0. The number of rotatable bonds is 5. The molecule has 0 aliphatic carbocycles. The molecular weight excluding hydrogens is 597 g/mol. The van der Waals surface area contributed by atoms with Crippen molar-refractivity contribution < 1.29 is 4.74 Å². The molecule has 0 bridgehead atoms. The molecular formula is C46H36N2O. The van der Waals surface area contributed by atoms with Gasteiger partial charge in [-0.25, -0.2) is 0 Å². The summed E-state index contributed by atoms with van der Waals surface area (Å²) in [5, 5.41) is 0. The van der Waals surface area contributed by atoms with Gasteiger partial charge in [0.25, 0.3) is 0 Å². The highest BCUT2D eigenvalue weighted by Crippen LogP contribution is 2.63. The smallest absolute Gasteiger partial charge is 0.152 e. The molecule has 0 spiro atoms. The quantitative estimate of drug-likeness (QED) is 0.188. The van der Waals surface area contributed by atoms with Crippen molar-refractivity contribution in [3.63, 3.8) is 0 Å². The minimum Gasteiger partial charge on any atom is -0.453 e. The van der Waals surface area contributed by atoms with E-state index in [0.717, 1.165) is 39.9 Å². The van der Waals surface area contributed by atoms with Gasteiger partial charge in [-0.05, 0) is 88.8 Å². The molecule has 0 aromatic heterocycles. The Kier molecular flexibility index (Phi) is 6.70. The molecule has 7 aromatic carbocycles. The molecule has 0 saturated heterocycles. The summed E-state index contributed by atoms with van der Waals surface area (Å²) in [5.74, 6) is 1.75. The molecule has 3 nitrogen and oxygen atoms in total. The average molecular weight is 633 g/mol. The Morgan fingerprint density at radius 3 is 1.63 bits per heavy atom. The lowest BCUT2D eigenvalue weighted by Gasteiger charge is -2.47. The van der Waals surface area contributed by atoms with Crippen molar-refractivity contribution in [2.24, 2.45) is 0 Å². The molecule has 0 N–H and O–H groups in total. The fraction of sp³-hybridized carbons (Fsp3) is 0.0870. The summed E-state index contributed by atoms with van der Waals surface area (Å²) in [6, 6.07) is 58.6. The van der Waals surface area contributed by atoms with Gasteiger partial charge in [-0.1, -0.05) is 129 Å². The van der Waals surface area contributed by atoms with Gasteiger partial charge in [-0.3, -0.25) is 0 Å². The van der Waals surface area contributed by atoms with E-state index in [1.165, 1.54) is 44.6 Å². The highest BCUT2D eigenvalue weighted by molar-refractivity contribution is 5.98. The van der Waals surface area contributed by atoms with Crippen LogP contribution in [0, 0.1) is 6.92 Å². The van der Waals surface area contributed by atoms with Gasteiger partial charge in [-0.2, -0.15) is 0 Å². The number of hydrogen-bond donors (Lipinski definition) is 0. The maximum atomic E-state index is 6.73. The Balaban J connectivity index is 1.28. The minimum absolute atomic E-state index is 0.330. The van der Waals surface area contributed by atoms with Gasteiger partial charge >= 0.3 is 0 Å². The highest BCUT2D eigenvalue weighted by atomic mass is 16.5. The molecule has 0 atom stereocenters. The van der Waals surface area contributed by atoms with Gasteiger partial charge in [0.1, 0.15) is 0 Å². The third-order valence-electron chi connectivity index (χ3n) is 10.1. The first kappa shape index (κ1) is 29.1. The number of benzene rings is 7. The van der Waals surface area contributed by atoms with Crippen molar-refractivity contribution in [2.75, 3.05) is 9.80 Å². The van der Waals surface area contributed by atoms with Crippen molar-refractivity contribution in [3.8, 4) is 33.8 Å². The zero-order valence-electron chi connectivity index (χ0n) is 27.9. The number of ether oxygens (including phenoxy) is 1. The molecule has 0 amide bonds. The van der Waals surface area contributed by atoms with Gasteiger partial charge < -0.3 is 14.5 Å². The largest absolute Gasteiger partial charge is 0.453 e. The molecule has 0 fully saturated rings. The van der Waals surface area contributed by atoms with E-state index in [-0.39, 0.29) is 5.41 Å². The molecule has 236 valence electrons. The third-order valence-corrected chi connectivity index (χ3v) is 10.1. The lowest BCUT2D eigenvalue weighted by molar-refractivity contribution is 0.471. The number of aryl methyl sites for hydroxylation is 1. The second-order valence-corrected chi connectivity index (χ2v) is 13.5.